The van der Waals surface area contributed by atoms with E-state index in [-0.39, 0.29) is 12.1 Å². The fraction of sp³-hybridized carbons (Fsp3) is 0.227. The van der Waals surface area contributed by atoms with Gasteiger partial charge < -0.3 is 14.8 Å². The standard InChI is InChI=1S/C22H22ClN3O/c1-3-19-21-9-6-12-25(21)20-8-5-4-7-16(20)14-26(19)22(27)24-18-13-17(23)11-10-15(18)2/h4-13,19H,3,14H2,1-2H3,(H,24,27). The molecule has 1 aromatic heterocycles. The summed E-state index contributed by atoms with van der Waals surface area (Å²) in [6, 6.07) is 17.8. The maximum atomic E-state index is 13.3. The van der Waals surface area contributed by atoms with Crippen LogP contribution in [0.2, 0.25) is 5.02 Å². The topological polar surface area (TPSA) is 37.3 Å². The Morgan fingerprint density at radius 3 is 2.81 bits per heavy atom. The van der Waals surface area contributed by atoms with Crippen molar-refractivity contribution in [1.82, 2.24) is 9.47 Å². The number of aryl methyl sites for hydroxylation is 1. The van der Waals surface area contributed by atoms with Gasteiger partial charge in [0.15, 0.2) is 0 Å². The molecule has 2 heterocycles. The average molecular weight is 380 g/mol. The van der Waals surface area contributed by atoms with Gasteiger partial charge in [0.1, 0.15) is 0 Å². The number of aromatic nitrogens is 1. The number of para-hydroxylation sites is 1. The van der Waals surface area contributed by atoms with Crippen molar-refractivity contribution in [3.8, 4) is 5.69 Å². The van der Waals surface area contributed by atoms with Crippen LogP contribution in [0.3, 0.4) is 0 Å². The Hall–Kier alpha value is -2.72. The molecular weight excluding hydrogens is 358 g/mol. The molecule has 0 bridgehead atoms. The molecule has 5 heteroatoms. The summed E-state index contributed by atoms with van der Waals surface area (Å²) in [6.07, 6.45) is 2.90. The first-order valence-corrected chi connectivity index (χ1v) is 9.55. The summed E-state index contributed by atoms with van der Waals surface area (Å²) in [5.74, 6) is 0. The Labute approximate surface area is 164 Å². The van der Waals surface area contributed by atoms with Crippen molar-refractivity contribution in [2.45, 2.75) is 32.9 Å². The number of nitrogens with one attached hydrogen (secondary N) is 1. The molecule has 1 unspecified atom stereocenters. The Balaban J connectivity index is 1.74. The van der Waals surface area contributed by atoms with Crippen LogP contribution in [-0.4, -0.2) is 15.5 Å². The third kappa shape index (κ3) is 3.21. The molecule has 3 aromatic rings. The number of amides is 2. The third-order valence-electron chi connectivity index (χ3n) is 5.18. The summed E-state index contributed by atoms with van der Waals surface area (Å²) < 4.78 is 2.20. The molecule has 0 aliphatic carbocycles. The van der Waals surface area contributed by atoms with Gasteiger partial charge in [-0.05, 0) is 54.8 Å². The van der Waals surface area contributed by atoms with Crippen LogP contribution in [0.1, 0.15) is 36.2 Å². The zero-order valence-electron chi connectivity index (χ0n) is 15.4. The molecule has 0 radical (unpaired) electrons. The highest BCUT2D eigenvalue weighted by Crippen LogP contribution is 2.34. The number of fused-ring (bicyclic) bond motifs is 3. The Morgan fingerprint density at radius 2 is 2.00 bits per heavy atom. The molecule has 2 amide bonds. The second kappa shape index (κ2) is 7.12. The quantitative estimate of drug-likeness (QED) is 0.588. The number of urea groups is 1. The van der Waals surface area contributed by atoms with Crippen LogP contribution in [0.5, 0.6) is 0 Å². The molecule has 27 heavy (non-hydrogen) atoms. The van der Waals surface area contributed by atoms with Gasteiger partial charge in [-0.25, -0.2) is 4.79 Å². The summed E-state index contributed by atoms with van der Waals surface area (Å²) in [5, 5.41) is 3.67. The van der Waals surface area contributed by atoms with Gasteiger partial charge in [0.05, 0.1) is 18.3 Å². The second-order valence-corrected chi connectivity index (χ2v) is 7.31. The van der Waals surface area contributed by atoms with Gasteiger partial charge >= 0.3 is 6.03 Å². The van der Waals surface area contributed by atoms with E-state index in [0.717, 1.165) is 34.6 Å². The highest BCUT2D eigenvalue weighted by Gasteiger charge is 2.30. The molecular formula is C22H22ClN3O. The van der Waals surface area contributed by atoms with Crippen molar-refractivity contribution in [2.75, 3.05) is 5.32 Å². The van der Waals surface area contributed by atoms with E-state index in [9.17, 15) is 4.79 Å². The number of carbonyl (C=O) groups excluding carboxylic acids is 1. The van der Waals surface area contributed by atoms with Crippen LogP contribution in [-0.2, 0) is 6.54 Å². The van der Waals surface area contributed by atoms with E-state index in [0.29, 0.717) is 11.6 Å². The van der Waals surface area contributed by atoms with E-state index >= 15 is 0 Å². The summed E-state index contributed by atoms with van der Waals surface area (Å²) >= 11 is 6.12. The summed E-state index contributed by atoms with van der Waals surface area (Å²) in [7, 11) is 0. The summed E-state index contributed by atoms with van der Waals surface area (Å²) in [5.41, 5.74) is 5.11. The minimum atomic E-state index is -0.114. The normalized spacial score (nSPS) is 15.7. The molecule has 1 N–H and O–H groups in total. The smallest absolute Gasteiger partial charge is 0.318 e. The molecule has 4 rings (SSSR count). The zero-order valence-corrected chi connectivity index (χ0v) is 16.2. The van der Waals surface area contributed by atoms with Crippen molar-refractivity contribution < 1.29 is 4.79 Å². The second-order valence-electron chi connectivity index (χ2n) is 6.87. The highest BCUT2D eigenvalue weighted by atomic mass is 35.5. The molecule has 2 aromatic carbocycles. The van der Waals surface area contributed by atoms with Crippen molar-refractivity contribution in [3.63, 3.8) is 0 Å². The Kier molecular flexibility index (Phi) is 4.66. The predicted molar refractivity (Wildman–Crippen MR) is 110 cm³/mol. The number of rotatable bonds is 2. The van der Waals surface area contributed by atoms with Gasteiger partial charge in [0, 0.05) is 22.6 Å². The van der Waals surface area contributed by atoms with Crippen molar-refractivity contribution in [1.29, 1.82) is 0 Å². The maximum Gasteiger partial charge on any atom is 0.322 e. The molecule has 0 fully saturated rings. The first kappa shape index (κ1) is 17.7. The largest absolute Gasteiger partial charge is 0.322 e. The van der Waals surface area contributed by atoms with Crippen molar-refractivity contribution in [2.24, 2.45) is 0 Å². The molecule has 1 atom stereocenters. The van der Waals surface area contributed by atoms with Crippen molar-refractivity contribution in [3.05, 3.63) is 82.6 Å². The first-order valence-electron chi connectivity index (χ1n) is 9.17. The molecule has 1 aliphatic rings. The lowest BCUT2D eigenvalue weighted by atomic mass is 10.1. The van der Waals surface area contributed by atoms with E-state index in [4.69, 9.17) is 11.6 Å². The number of benzene rings is 2. The van der Waals surface area contributed by atoms with Gasteiger partial charge in [0.2, 0.25) is 0 Å². The number of hydrogen-bond acceptors (Lipinski definition) is 1. The monoisotopic (exact) mass is 379 g/mol. The van der Waals surface area contributed by atoms with E-state index in [1.54, 1.807) is 6.07 Å². The average Bonchev–Trinajstić information content (AvgIpc) is 3.09. The maximum absolute atomic E-state index is 13.3. The lowest BCUT2D eigenvalue weighted by molar-refractivity contribution is 0.181. The van der Waals surface area contributed by atoms with Gasteiger partial charge in [-0.1, -0.05) is 42.8 Å². The molecule has 0 saturated carbocycles. The molecule has 0 saturated heterocycles. The van der Waals surface area contributed by atoms with Crippen molar-refractivity contribution >= 4 is 23.3 Å². The lowest BCUT2D eigenvalue weighted by Gasteiger charge is -2.30. The minimum absolute atomic E-state index is 0.00751. The Bertz CT molecular complexity index is 995. The molecule has 0 spiro atoms. The highest BCUT2D eigenvalue weighted by molar-refractivity contribution is 6.31. The number of carbonyl (C=O) groups is 1. The summed E-state index contributed by atoms with van der Waals surface area (Å²) in [4.78, 5) is 15.2. The number of nitrogens with zero attached hydrogens (tertiary/aromatic N) is 2. The fourth-order valence-electron chi connectivity index (χ4n) is 3.78. The van der Waals surface area contributed by atoms with Gasteiger partial charge in [-0.15, -0.1) is 0 Å². The number of halogens is 1. The van der Waals surface area contributed by atoms with E-state index < -0.39 is 0 Å². The van der Waals surface area contributed by atoms with Crippen LogP contribution in [0.15, 0.2) is 60.8 Å². The van der Waals surface area contributed by atoms with Gasteiger partial charge in [-0.2, -0.15) is 0 Å². The first-order chi connectivity index (χ1) is 13.1. The Morgan fingerprint density at radius 1 is 1.19 bits per heavy atom. The number of anilines is 1. The van der Waals surface area contributed by atoms with E-state index in [1.165, 1.54) is 0 Å². The third-order valence-corrected chi connectivity index (χ3v) is 5.41. The van der Waals surface area contributed by atoms with Crippen LogP contribution in [0, 0.1) is 6.92 Å². The SMILES string of the molecule is CCC1c2cccn2-c2ccccc2CN1C(=O)Nc1cc(Cl)ccc1C. The van der Waals surface area contributed by atoms with E-state index in [2.05, 4.69) is 41.2 Å². The van der Waals surface area contributed by atoms with Crippen LogP contribution >= 0.6 is 11.6 Å². The summed E-state index contributed by atoms with van der Waals surface area (Å²) in [6.45, 7) is 4.64. The zero-order chi connectivity index (χ0) is 19.0. The molecule has 1 aliphatic heterocycles. The van der Waals surface area contributed by atoms with Gasteiger partial charge in [-0.3, -0.25) is 0 Å². The van der Waals surface area contributed by atoms with E-state index in [1.807, 2.05) is 42.2 Å². The number of hydrogen-bond donors (Lipinski definition) is 1. The van der Waals surface area contributed by atoms with Crippen LogP contribution in [0.4, 0.5) is 10.5 Å². The minimum Gasteiger partial charge on any atom is -0.318 e. The van der Waals surface area contributed by atoms with Gasteiger partial charge in [0.25, 0.3) is 0 Å². The predicted octanol–water partition coefficient (Wildman–Crippen LogP) is 5.94. The molecule has 4 nitrogen and oxygen atoms in total. The van der Waals surface area contributed by atoms with Crippen LogP contribution < -0.4 is 5.32 Å². The lowest BCUT2D eigenvalue weighted by Crippen LogP contribution is -2.37. The van der Waals surface area contributed by atoms with Crippen LogP contribution in [0.25, 0.3) is 5.69 Å². The molecule has 138 valence electrons. The fourth-order valence-corrected chi connectivity index (χ4v) is 3.95.